The van der Waals surface area contributed by atoms with Crippen LogP contribution in [0.25, 0.3) is 0 Å². The zero-order chi connectivity index (χ0) is 20.8. The Kier molecular flexibility index (Phi) is 13.4. The molecule has 0 aromatic heterocycles. The Morgan fingerprint density at radius 3 is 1.70 bits per heavy atom. The van der Waals surface area contributed by atoms with E-state index in [-0.39, 0.29) is 12.5 Å². The molecule has 6 nitrogen and oxygen atoms in total. The Bertz CT molecular complexity index is 421. The second-order valence-electron chi connectivity index (χ2n) is 8.88. The minimum Gasteiger partial charge on any atom is -0.481 e. The van der Waals surface area contributed by atoms with Gasteiger partial charge in [0.2, 0.25) is 5.91 Å². The standard InChI is InChI=1S/C21H42N2O4/c1-5-6-7-8-9-10-11-12-13-14-15-16-19(24)22-21(27,17-20(25)26)18-23(2,3)4/h27H,5-18H2,1-4H3,(H-,22,24,25,26)/p+1. The van der Waals surface area contributed by atoms with E-state index in [1.54, 1.807) is 0 Å². The Labute approximate surface area is 165 Å². The zero-order valence-corrected chi connectivity index (χ0v) is 18.1. The summed E-state index contributed by atoms with van der Waals surface area (Å²) in [5.41, 5.74) is -1.71. The normalized spacial score (nSPS) is 14.0. The summed E-state index contributed by atoms with van der Waals surface area (Å²) in [4.78, 5) is 23.1. The monoisotopic (exact) mass is 387 g/mol. The third kappa shape index (κ3) is 16.7. The van der Waals surface area contributed by atoms with Gasteiger partial charge in [-0.15, -0.1) is 0 Å². The Balaban J connectivity index is 3.91. The minimum atomic E-state index is -1.71. The van der Waals surface area contributed by atoms with Crippen molar-refractivity contribution in [2.45, 2.75) is 96.1 Å². The average molecular weight is 388 g/mol. The van der Waals surface area contributed by atoms with Gasteiger partial charge in [0, 0.05) is 6.42 Å². The van der Waals surface area contributed by atoms with Gasteiger partial charge in [0.1, 0.15) is 6.54 Å². The van der Waals surface area contributed by atoms with Crippen LogP contribution in [0.15, 0.2) is 0 Å². The highest BCUT2D eigenvalue weighted by molar-refractivity contribution is 5.77. The quantitative estimate of drug-likeness (QED) is 0.202. The first-order valence-corrected chi connectivity index (χ1v) is 10.6. The topological polar surface area (TPSA) is 86.6 Å². The van der Waals surface area contributed by atoms with E-state index in [4.69, 9.17) is 5.11 Å². The van der Waals surface area contributed by atoms with Gasteiger partial charge in [-0.25, -0.2) is 0 Å². The van der Waals surface area contributed by atoms with Gasteiger partial charge in [-0.3, -0.25) is 9.59 Å². The summed E-state index contributed by atoms with van der Waals surface area (Å²) in [6, 6.07) is 0. The third-order valence-corrected chi connectivity index (χ3v) is 4.56. The van der Waals surface area contributed by atoms with Gasteiger partial charge in [0.05, 0.1) is 27.6 Å². The van der Waals surface area contributed by atoms with E-state index in [1.807, 2.05) is 21.1 Å². The molecule has 3 N–H and O–H groups in total. The second kappa shape index (κ2) is 13.9. The molecule has 0 rings (SSSR count). The highest BCUT2D eigenvalue weighted by atomic mass is 16.4. The number of hydrogen-bond acceptors (Lipinski definition) is 3. The Hall–Kier alpha value is -1.14. The van der Waals surface area contributed by atoms with Crippen molar-refractivity contribution in [3.63, 3.8) is 0 Å². The van der Waals surface area contributed by atoms with Crippen LogP contribution in [0.4, 0.5) is 0 Å². The summed E-state index contributed by atoms with van der Waals surface area (Å²) in [7, 11) is 5.55. The summed E-state index contributed by atoms with van der Waals surface area (Å²) in [6.07, 6.45) is 13.2. The van der Waals surface area contributed by atoms with Crippen LogP contribution in [0.5, 0.6) is 0 Å². The molecule has 27 heavy (non-hydrogen) atoms. The molecule has 0 saturated heterocycles. The van der Waals surface area contributed by atoms with E-state index in [1.165, 1.54) is 51.4 Å². The molecule has 0 aliphatic rings. The molecule has 6 heteroatoms. The molecule has 0 bridgehead atoms. The average Bonchev–Trinajstić information content (AvgIpc) is 2.49. The van der Waals surface area contributed by atoms with E-state index >= 15 is 0 Å². The molecule has 1 atom stereocenters. The molecule has 1 amide bonds. The van der Waals surface area contributed by atoms with Crippen LogP contribution >= 0.6 is 0 Å². The molecule has 0 spiro atoms. The largest absolute Gasteiger partial charge is 0.481 e. The number of aliphatic hydroxyl groups is 1. The number of carbonyl (C=O) groups is 2. The highest BCUT2D eigenvalue weighted by Gasteiger charge is 2.37. The minimum absolute atomic E-state index is 0.142. The fourth-order valence-corrected chi connectivity index (χ4v) is 3.45. The van der Waals surface area contributed by atoms with Gasteiger partial charge < -0.3 is 20.0 Å². The van der Waals surface area contributed by atoms with Crippen molar-refractivity contribution in [2.75, 3.05) is 27.7 Å². The van der Waals surface area contributed by atoms with Crippen molar-refractivity contribution < 1.29 is 24.3 Å². The molecular formula is C21H43N2O4+. The number of quaternary nitrogens is 1. The number of rotatable bonds is 17. The van der Waals surface area contributed by atoms with Crippen LogP contribution < -0.4 is 5.32 Å². The first-order chi connectivity index (χ1) is 12.6. The lowest BCUT2D eigenvalue weighted by molar-refractivity contribution is -0.877. The molecule has 0 heterocycles. The van der Waals surface area contributed by atoms with Crippen LogP contribution in [0.3, 0.4) is 0 Å². The summed E-state index contributed by atoms with van der Waals surface area (Å²) < 4.78 is 0.364. The maximum atomic E-state index is 12.1. The summed E-state index contributed by atoms with van der Waals surface area (Å²) in [6.45, 7) is 2.38. The van der Waals surface area contributed by atoms with Gasteiger partial charge in [-0.1, -0.05) is 71.1 Å². The lowest BCUT2D eigenvalue weighted by Gasteiger charge is -2.35. The lowest BCUT2D eigenvalue weighted by atomic mass is 10.0. The highest BCUT2D eigenvalue weighted by Crippen LogP contribution is 2.14. The molecule has 0 aromatic carbocycles. The molecule has 160 valence electrons. The molecule has 0 aliphatic carbocycles. The predicted octanol–water partition coefficient (Wildman–Crippen LogP) is 3.67. The lowest BCUT2D eigenvalue weighted by Crippen LogP contribution is -2.59. The van der Waals surface area contributed by atoms with Crippen LogP contribution in [0.1, 0.15) is 90.4 Å². The van der Waals surface area contributed by atoms with Gasteiger partial charge in [0.25, 0.3) is 0 Å². The van der Waals surface area contributed by atoms with Gasteiger partial charge >= 0.3 is 5.97 Å². The molecule has 0 fully saturated rings. The summed E-state index contributed by atoms with van der Waals surface area (Å²) in [5, 5.41) is 22.1. The summed E-state index contributed by atoms with van der Waals surface area (Å²) >= 11 is 0. The number of amides is 1. The number of carboxylic acid groups (broad SMARTS) is 1. The van der Waals surface area contributed by atoms with Crippen molar-refractivity contribution in [3.8, 4) is 0 Å². The number of carbonyl (C=O) groups excluding carboxylic acids is 1. The predicted molar refractivity (Wildman–Crippen MR) is 109 cm³/mol. The van der Waals surface area contributed by atoms with Crippen LogP contribution in [-0.2, 0) is 9.59 Å². The first kappa shape index (κ1) is 25.9. The van der Waals surface area contributed by atoms with Crippen molar-refractivity contribution in [2.24, 2.45) is 0 Å². The first-order valence-electron chi connectivity index (χ1n) is 10.6. The molecular weight excluding hydrogens is 344 g/mol. The molecule has 1 unspecified atom stereocenters. The number of nitrogens with one attached hydrogen (secondary N) is 1. The zero-order valence-electron chi connectivity index (χ0n) is 18.1. The molecule has 0 radical (unpaired) electrons. The van der Waals surface area contributed by atoms with Gasteiger partial charge in [-0.2, -0.15) is 0 Å². The molecule has 0 saturated carbocycles. The van der Waals surface area contributed by atoms with Crippen molar-refractivity contribution in [1.82, 2.24) is 5.32 Å². The van der Waals surface area contributed by atoms with E-state index in [2.05, 4.69) is 12.2 Å². The second-order valence-corrected chi connectivity index (χ2v) is 8.88. The Morgan fingerprint density at radius 2 is 1.30 bits per heavy atom. The van der Waals surface area contributed by atoms with Gasteiger partial charge in [0.15, 0.2) is 5.72 Å². The fraction of sp³-hybridized carbons (Fsp3) is 0.905. The SMILES string of the molecule is CCCCCCCCCCCCCC(=O)NC(O)(CC(=O)O)C[N+](C)(C)C. The van der Waals surface area contributed by atoms with E-state index in [9.17, 15) is 14.7 Å². The van der Waals surface area contributed by atoms with Crippen molar-refractivity contribution in [3.05, 3.63) is 0 Å². The number of carboxylic acids is 1. The van der Waals surface area contributed by atoms with Crippen molar-refractivity contribution >= 4 is 11.9 Å². The maximum Gasteiger partial charge on any atom is 0.308 e. The maximum absolute atomic E-state index is 12.1. The van der Waals surface area contributed by atoms with Gasteiger partial charge in [-0.05, 0) is 6.42 Å². The summed E-state index contributed by atoms with van der Waals surface area (Å²) in [5.74, 6) is -1.40. The number of hydrogen-bond donors (Lipinski definition) is 3. The smallest absolute Gasteiger partial charge is 0.308 e. The van der Waals surface area contributed by atoms with Crippen LogP contribution in [-0.4, -0.2) is 60.0 Å². The molecule has 0 aromatic rings. The number of aliphatic carboxylic acids is 1. The molecule has 0 aliphatic heterocycles. The Morgan fingerprint density at radius 1 is 0.852 bits per heavy atom. The van der Waals surface area contributed by atoms with Crippen LogP contribution in [0, 0.1) is 0 Å². The fourth-order valence-electron chi connectivity index (χ4n) is 3.45. The third-order valence-electron chi connectivity index (χ3n) is 4.56. The number of likely N-dealkylation sites (N-methyl/N-ethyl adjacent to an activating group) is 1. The number of unbranched alkanes of at least 4 members (excludes halogenated alkanes) is 10. The van der Waals surface area contributed by atoms with E-state index in [0.717, 1.165) is 19.3 Å². The van der Waals surface area contributed by atoms with E-state index in [0.29, 0.717) is 10.9 Å². The number of nitrogens with zero attached hydrogens (tertiary/aromatic N) is 1. The van der Waals surface area contributed by atoms with Crippen LogP contribution in [0.2, 0.25) is 0 Å². The van der Waals surface area contributed by atoms with Crippen molar-refractivity contribution in [1.29, 1.82) is 0 Å². The van der Waals surface area contributed by atoms with E-state index < -0.39 is 18.1 Å².